The van der Waals surface area contributed by atoms with Gasteiger partial charge in [-0.3, -0.25) is 9.69 Å². The third-order valence-electron chi connectivity index (χ3n) is 4.48. The van der Waals surface area contributed by atoms with Crippen molar-refractivity contribution in [1.82, 2.24) is 14.9 Å². The molecule has 0 radical (unpaired) electrons. The molecule has 0 spiro atoms. The predicted molar refractivity (Wildman–Crippen MR) is 99.0 cm³/mol. The molecular weight excluding hydrogens is 314 g/mol. The van der Waals surface area contributed by atoms with Crippen molar-refractivity contribution in [2.24, 2.45) is 0 Å². The largest absolute Gasteiger partial charge is 0.494 e. The van der Waals surface area contributed by atoms with Crippen LogP contribution in [0, 0.1) is 0 Å². The van der Waals surface area contributed by atoms with Crippen molar-refractivity contribution in [2.45, 2.75) is 52.6 Å². The second-order valence-corrected chi connectivity index (χ2v) is 7.63. The zero-order chi connectivity index (χ0) is 18.0. The van der Waals surface area contributed by atoms with Gasteiger partial charge >= 0.3 is 0 Å². The number of nitrogens with one attached hydrogen (secondary N) is 1. The third-order valence-corrected chi connectivity index (χ3v) is 4.48. The Morgan fingerprint density at radius 2 is 2.12 bits per heavy atom. The molecule has 0 amide bonds. The average molecular weight is 341 g/mol. The Morgan fingerprint density at radius 1 is 1.32 bits per heavy atom. The Hall–Kier alpha value is -2.14. The van der Waals surface area contributed by atoms with E-state index >= 15 is 0 Å². The minimum atomic E-state index is -0.164. The molecule has 25 heavy (non-hydrogen) atoms. The molecule has 1 N–H and O–H groups in total. The Kier molecular flexibility index (Phi) is 4.95. The molecule has 0 fully saturated rings. The fraction of sp³-hybridized carbons (Fsp3) is 0.500. The van der Waals surface area contributed by atoms with Gasteiger partial charge in [-0.1, -0.05) is 32.9 Å². The Balaban J connectivity index is 1.80. The second kappa shape index (κ2) is 7.00. The summed E-state index contributed by atoms with van der Waals surface area (Å²) in [5, 5.41) is 0. The second-order valence-electron chi connectivity index (χ2n) is 7.63. The summed E-state index contributed by atoms with van der Waals surface area (Å²) in [6.07, 6.45) is 0.743. The number of fused-ring (bicyclic) bond motifs is 1. The van der Waals surface area contributed by atoms with Crippen molar-refractivity contribution in [2.75, 3.05) is 13.2 Å². The molecule has 5 heteroatoms. The van der Waals surface area contributed by atoms with Gasteiger partial charge in [-0.15, -0.1) is 0 Å². The number of hydrogen-bond acceptors (Lipinski definition) is 4. The molecule has 0 unspecified atom stereocenters. The van der Waals surface area contributed by atoms with Crippen LogP contribution in [0.2, 0.25) is 0 Å². The molecule has 3 rings (SSSR count). The van der Waals surface area contributed by atoms with Crippen LogP contribution in [0.3, 0.4) is 0 Å². The van der Waals surface area contributed by atoms with Gasteiger partial charge < -0.3 is 9.72 Å². The summed E-state index contributed by atoms with van der Waals surface area (Å²) in [6, 6.07) is 8.21. The first-order chi connectivity index (χ1) is 11.9. The fourth-order valence-electron chi connectivity index (χ4n) is 3.14. The van der Waals surface area contributed by atoms with Gasteiger partial charge in [0.05, 0.1) is 12.3 Å². The molecule has 0 atom stereocenters. The SMILES string of the molecule is CCOc1cccc(CN2CCc3c(nc(C(C)(C)C)[nH]c3=O)C2)c1. The van der Waals surface area contributed by atoms with E-state index in [2.05, 4.69) is 42.8 Å². The van der Waals surface area contributed by atoms with Gasteiger partial charge in [-0.05, 0) is 31.0 Å². The number of hydrogen-bond donors (Lipinski definition) is 1. The maximum atomic E-state index is 12.4. The van der Waals surface area contributed by atoms with Crippen LogP contribution in [0.25, 0.3) is 0 Å². The van der Waals surface area contributed by atoms with E-state index in [0.29, 0.717) is 13.2 Å². The number of rotatable bonds is 4. The molecule has 1 aromatic carbocycles. The summed E-state index contributed by atoms with van der Waals surface area (Å²) in [5.74, 6) is 1.67. The normalized spacial score (nSPS) is 15.0. The van der Waals surface area contributed by atoms with Crippen molar-refractivity contribution < 1.29 is 4.74 Å². The lowest BCUT2D eigenvalue weighted by atomic mass is 9.95. The number of aromatic nitrogens is 2. The van der Waals surface area contributed by atoms with Crippen LogP contribution >= 0.6 is 0 Å². The first kappa shape index (κ1) is 17.7. The molecular formula is C20H27N3O2. The average Bonchev–Trinajstić information content (AvgIpc) is 2.54. The van der Waals surface area contributed by atoms with Crippen molar-refractivity contribution in [3.05, 3.63) is 57.3 Å². The van der Waals surface area contributed by atoms with E-state index in [1.54, 1.807) is 0 Å². The molecule has 1 aliphatic heterocycles. The molecule has 0 aliphatic carbocycles. The smallest absolute Gasteiger partial charge is 0.254 e. The molecule has 1 aliphatic rings. The minimum Gasteiger partial charge on any atom is -0.494 e. The van der Waals surface area contributed by atoms with Gasteiger partial charge in [0.1, 0.15) is 11.6 Å². The topological polar surface area (TPSA) is 58.2 Å². The van der Waals surface area contributed by atoms with Gasteiger partial charge in [-0.2, -0.15) is 0 Å². The van der Waals surface area contributed by atoms with Crippen LogP contribution in [0.5, 0.6) is 5.75 Å². The highest BCUT2D eigenvalue weighted by Crippen LogP contribution is 2.22. The van der Waals surface area contributed by atoms with Crippen LogP contribution in [-0.4, -0.2) is 28.0 Å². The quantitative estimate of drug-likeness (QED) is 0.929. The van der Waals surface area contributed by atoms with E-state index < -0.39 is 0 Å². The van der Waals surface area contributed by atoms with E-state index in [1.807, 2.05) is 19.1 Å². The van der Waals surface area contributed by atoms with Crippen LogP contribution in [-0.2, 0) is 24.9 Å². The third kappa shape index (κ3) is 4.10. The highest BCUT2D eigenvalue weighted by Gasteiger charge is 2.24. The van der Waals surface area contributed by atoms with Crippen LogP contribution in [0.1, 0.15) is 50.3 Å². The highest BCUT2D eigenvalue weighted by atomic mass is 16.5. The van der Waals surface area contributed by atoms with Gasteiger partial charge in [0.25, 0.3) is 5.56 Å². The summed E-state index contributed by atoms with van der Waals surface area (Å²) < 4.78 is 5.58. The number of nitrogens with zero attached hydrogens (tertiary/aromatic N) is 2. The first-order valence-corrected chi connectivity index (χ1v) is 8.93. The highest BCUT2D eigenvalue weighted by molar-refractivity contribution is 5.29. The van der Waals surface area contributed by atoms with E-state index in [0.717, 1.165) is 42.3 Å². The van der Waals surface area contributed by atoms with E-state index in [9.17, 15) is 4.79 Å². The lowest BCUT2D eigenvalue weighted by molar-refractivity contribution is 0.239. The van der Waals surface area contributed by atoms with E-state index in [1.165, 1.54) is 5.56 Å². The van der Waals surface area contributed by atoms with Gasteiger partial charge in [0.2, 0.25) is 0 Å². The number of benzene rings is 1. The van der Waals surface area contributed by atoms with E-state index in [-0.39, 0.29) is 11.0 Å². The number of H-pyrrole nitrogens is 1. The lowest BCUT2D eigenvalue weighted by Crippen LogP contribution is -2.36. The van der Waals surface area contributed by atoms with Crippen LogP contribution in [0.4, 0.5) is 0 Å². The standard InChI is InChI=1S/C20H27N3O2/c1-5-25-15-8-6-7-14(11-15)12-23-10-9-16-17(13-23)21-19(20(2,3)4)22-18(16)24/h6-8,11H,5,9-10,12-13H2,1-4H3,(H,21,22,24). The Bertz CT molecular complexity index is 805. The summed E-state index contributed by atoms with van der Waals surface area (Å²) in [7, 11) is 0. The Morgan fingerprint density at radius 3 is 2.84 bits per heavy atom. The zero-order valence-electron chi connectivity index (χ0n) is 15.6. The molecule has 0 saturated carbocycles. The van der Waals surface area contributed by atoms with Crippen molar-refractivity contribution in [3.63, 3.8) is 0 Å². The predicted octanol–water partition coefficient (Wildman–Crippen LogP) is 3.02. The zero-order valence-corrected chi connectivity index (χ0v) is 15.6. The molecule has 5 nitrogen and oxygen atoms in total. The van der Waals surface area contributed by atoms with Crippen molar-refractivity contribution in [3.8, 4) is 5.75 Å². The van der Waals surface area contributed by atoms with Crippen molar-refractivity contribution >= 4 is 0 Å². The fourth-order valence-corrected chi connectivity index (χ4v) is 3.14. The van der Waals surface area contributed by atoms with Crippen LogP contribution in [0.15, 0.2) is 29.1 Å². The van der Waals surface area contributed by atoms with Gasteiger partial charge in [0.15, 0.2) is 0 Å². The van der Waals surface area contributed by atoms with Crippen molar-refractivity contribution in [1.29, 1.82) is 0 Å². The summed E-state index contributed by atoms with van der Waals surface area (Å²) in [6.45, 7) is 11.3. The molecule has 134 valence electrons. The van der Waals surface area contributed by atoms with Crippen LogP contribution < -0.4 is 10.3 Å². The van der Waals surface area contributed by atoms with Gasteiger partial charge in [-0.25, -0.2) is 4.98 Å². The molecule has 0 bridgehead atoms. The van der Waals surface area contributed by atoms with E-state index in [4.69, 9.17) is 9.72 Å². The number of aromatic amines is 1. The first-order valence-electron chi connectivity index (χ1n) is 8.93. The maximum absolute atomic E-state index is 12.4. The summed E-state index contributed by atoms with van der Waals surface area (Å²) >= 11 is 0. The van der Waals surface area contributed by atoms with Gasteiger partial charge in [0, 0.05) is 30.6 Å². The monoisotopic (exact) mass is 341 g/mol. The Labute approximate surface area is 149 Å². The number of ether oxygens (including phenoxy) is 1. The molecule has 2 aromatic rings. The summed E-state index contributed by atoms with van der Waals surface area (Å²) in [5.41, 5.74) is 2.83. The minimum absolute atomic E-state index is 0.0212. The molecule has 2 heterocycles. The molecule has 1 aromatic heterocycles. The molecule has 0 saturated heterocycles. The maximum Gasteiger partial charge on any atom is 0.254 e. The summed E-state index contributed by atoms with van der Waals surface area (Å²) in [4.78, 5) is 22.4. The lowest BCUT2D eigenvalue weighted by Gasteiger charge is -2.29.